The fourth-order valence-electron chi connectivity index (χ4n) is 7.47. The number of aromatic nitrogens is 2. The minimum absolute atomic E-state index is 0.172. The Bertz CT molecular complexity index is 1510. The summed E-state index contributed by atoms with van der Waals surface area (Å²) in [6.07, 6.45) is 6.67. The number of rotatable bonds is 7. The van der Waals surface area contributed by atoms with Gasteiger partial charge in [0.05, 0.1) is 31.1 Å². The van der Waals surface area contributed by atoms with Crippen molar-refractivity contribution in [2.24, 2.45) is 5.41 Å². The van der Waals surface area contributed by atoms with E-state index in [9.17, 15) is 9.59 Å². The number of hydrogen-bond acceptors (Lipinski definition) is 7. The predicted molar refractivity (Wildman–Crippen MR) is 161 cm³/mol. The largest absolute Gasteiger partial charge is 0.496 e. The molecule has 1 aliphatic carbocycles. The first-order valence-electron chi connectivity index (χ1n) is 15.2. The van der Waals surface area contributed by atoms with Crippen LogP contribution in [0.3, 0.4) is 0 Å². The monoisotopic (exact) mass is 571 g/mol. The van der Waals surface area contributed by atoms with Gasteiger partial charge in [-0.15, -0.1) is 0 Å². The highest BCUT2D eigenvalue weighted by Gasteiger charge is 2.51. The van der Waals surface area contributed by atoms with Crippen molar-refractivity contribution in [2.45, 2.75) is 58.3 Å². The van der Waals surface area contributed by atoms with Crippen molar-refractivity contribution in [3.8, 4) is 5.75 Å². The number of pyridine rings is 1. The third kappa shape index (κ3) is 4.85. The third-order valence-corrected chi connectivity index (χ3v) is 9.92. The normalized spacial score (nSPS) is 23.5. The molecule has 4 aliphatic rings. The van der Waals surface area contributed by atoms with Gasteiger partial charge in [-0.1, -0.05) is 12.1 Å². The van der Waals surface area contributed by atoms with Crippen LogP contribution in [0.4, 0.5) is 10.5 Å². The fraction of sp³-hybridized carbons (Fsp3) is 0.531. The van der Waals surface area contributed by atoms with E-state index in [1.807, 2.05) is 35.8 Å². The Labute approximate surface area is 247 Å². The molecule has 5 heterocycles. The van der Waals surface area contributed by atoms with Crippen LogP contribution < -0.4 is 15.0 Å². The number of hydrogen-bond donors (Lipinski definition) is 1. The van der Waals surface area contributed by atoms with Crippen LogP contribution in [0.15, 0.2) is 42.7 Å². The molecule has 3 amide bonds. The minimum atomic E-state index is -0.324. The lowest BCUT2D eigenvalue weighted by molar-refractivity contribution is -0.129. The lowest BCUT2D eigenvalue weighted by atomic mass is 9.61. The smallest absolute Gasteiger partial charge is 0.331 e. The first-order valence-corrected chi connectivity index (χ1v) is 15.2. The summed E-state index contributed by atoms with van der Waals surface area (Å²) >= 11 is 0. The molecule has 222 valence electrons. The zero-order valence-corrected chi connectivity index (χ0v) is 24.9. The maximum atomic E-state index is 13.7. The minimum Gasteiger partial charge on any atom is -0.496 e. The van der Waals surface area contributed by atoms with Crippen molar-refractivity contribution in [1.29, 1.82) is 0 Å². The molecule has 3 saturated heterocycles. The van der Waals surface area contributed by atoms with E-state index in [0.29, 0.717) is 23.8 Å². The quantitative estimate of drug-likeness (QED) is 0.466. The number of urea groups is 1. The summed E-state index contributed by atoms with van der Waals surface area (Å²) in [7, 11) is 1.61. The second-order valence-electron chi connectivity index (χ2n) is 12.9. The third-order valence-electron chi connectivity index (χ3n) is 9.92. The molecule has 1 saturated carbocycles. The molecule has 1 N–H and O–H groups in total. The van der Waals surface area contributed by atoms with E-state index in [1.54, 1.807) is 18.2 Å². The Morgan fingerprint density at radius 2 is 1.90 bits per heavy atom. The standard InChI is InChI=1S/C32H41N7O3/c1-22-4-5-25(29(12-22)42-3)19-38-30(40)7-8-37(31(38)41)28-16-34-39-9-6-24(13-27(28)39)18-35-10-11-36(23(2)17-35)26-14-32(15-26)20-33-21-32/h4-6,9,12-13,16,23,26,33H,7-8,10-11,14-15,17-21H2,1-3H3/t23-/m0/s1. The van der Waals surface area contributed by atoms with Gasteiger partial charge in [-0.2, -0.15) is 5.10 Å². The number of nitrogens with zero attached hydrogens (tertiary/aromatic N) is 6. The second kappa shape index (κ2) is 10.7. The molecule has 1 aromatic carbocycles. The number of imide groups is 1. The fourth-order valence-corrected chi connectivity index (χ4v) is 7.47. The molecule has 4 fully saturated rings. The highest BCUT2D eigenvalue weighted by Crippen LogP contribution is 2.47. The Morgan fingerprint density at radius 1 is 1.07 bits per heavy atom. The van der Waals surface area contributed by atoms with E-state index >= 15 is 0 Å². The highest BCUT2D eigenvalue weighted by atomic mass is 16.5. The van der Waals surface area contributed by atoms with Gasteiger partial charge in [0, 0.05) is 76.1 Å². The van der Waals surface area contributed by atoms with Crippen LogP contribution in [0.2, 0.25) is 0 Å². The summed E-state index contributed by atoms with van der Waals surface area (Å²) in [5.74, 6) is 0.501. The van der Waals surface area contributed by atoms with Gasteiger partial charge in [0.25, 0.3) is 0 Å². The molecule has 0 unspecified atom stereocenters. The summed E-state index contributed by atoms with van der Waals surface area (Å²) in [5.41, 5.74) is 5.29. The topological polar surface area (TPSA) is 85.7 Å². The second-order valence-corrected chi connectivity index (χ2v) is 12.9. The van der Waals surface area contributed by atoms with Crippen molar-refractivity contribution in [1.82, 2.24) is 29.6 Å². The molecule has 3 aliphatic heterocycles. The molecule has 0 bridgehead atoms. The van der Waals surface area contributed by atoms with E-state index in [1.165, 1.54) is 36.4 Å². The van der Waals surface area contributed by atoms with E-state index < -0.39 is 0 Å². The summed E-state index contributed by atoms with van der Waals surface area (Å²) in [5, 5.41) is 7.99. The van der Waals surface area contributed by atoms with Gasteiger partial charge in [-0.3, -0.25) is 24.4 Å². The van der Waals surface area contributed by atoms with Gasteiger partial charge in [-0.25, -0.2) is 9.31 Å². The van der Waals surface area contributed by atoms with Gasteiger partial charge in [-0.05, 0) is 61.4 Å². The van der Waals surface area contributed by atoms with Crippen molar-refractivity contribution in [2.75, 3.05) is 51.3 Å². The van der Waals surface area contributed by atoms with E-state index in [2.05, 4.69) is 39.3 Å². The SMILES string of the molecule is COc1cc(C)ccc1CN1C(=O)CCN(c2cnn3ccc(CN4CCN(C5CC6(CNC6)C5)[C@@H](C)C4)cc23)C1=O. The number of piperazine rings is 1. The maximum absolute atomic E-state index is 13.7. The van der Waals surface area contributed by atoms with E-state index in [0.717, 1.165) is 54.6 Å². The summed E-state index contributed by atoms with van der Waals surface area (Å²) in [6, 6.07) is 11.1. The molecule has 3 aromatic rings. The van der Waals surface area contributed by atoms with Gasteiger partial charge in [0.1, 0.15) is 5.75 Å². The number of carbonyl (C=O) groups is 2. The Balaban J connectivity index is 1.04. The molecular weight excluding hydrogens is 530 g/mol. The number of fused-ring (bicyclic) bond motifs is 1. The molecule has 10 heteroatoms. The van der Waals surface area contributed by atoms with Crippen LogP contribution in [-0.2, 0) is 17.9 Å². The number of aryl methyl sites for hydroxylation is 1. The number of amides is 3. The maximum Gasteiger partial charge on any atom is 0.331 e. The number of methoxy groups -OCH3 is 1. The number of benzene rings is 1. The van der Waals surface area contributed by atoms with Crippen LogP contribution in [0, 0.1) is 12.3 Å². The molecule has 2 aromatic heterocycles. The summed E-state index contributed by atoms with van der Waals surface area (Å²) in [6.45, 7) is 11.4. The van der Waals surface area contributed by atoms with Crippen LogP contribution in [0.25, 0.3) is 5.52 Å². The zero-order valence-electron chi connectivity index (χ0n) is 24.9. The average Bonchev–Trinajstić information content (AvgIpc) is 3.34. The number of anilines is 1. The van der Waals surface area contributed by atoms with Crippen molar-refractivity contribution >= 4 is 23.1 Å². The van der Waals surface area contributed by atoms with Crippen LogP contribution in [-0.4, -0.2) is 94.7 Å². The molecular formula is C32H41N7O3. The lowest BCUT2D eigenvalue weighted by Gasteiger charge is -2.59. The molecule has 7 rings (SSSR count). The van der Waals surface area contributed by atoms with Gasteiger partial charge >= 0.3 is 6.03 Å². The van der Waals surface area contributed by atoms with E-state index in [-0.39, 0.29) is 24.9 Å². The highest BCUT2D eigenvalue weighted by molar-refractivity contribution is 6.07. The Hall–Kier alpha value is -3.47. The van der Waals surface area contributed by atoms with Crippen LogP contribution in [0.5, 0.6) is 5.75 Å². The summed E-state index contributed by atoms with van der Waals surface area (Å²) < 4.78 is 7.35. The van der Waals surface area contributed by atoms with Crippen molar-refractivity contribution < 1.29 is 14.3 Å². The number of carbonyl (C=O) groups excluding carboxylic acids is 2. The molecule has 1 atom stereocenters. The first kappa shape index (κ1) is 27.4. The van der Waals surface area contributed by atoms with Gasteiger partial charge in [0.2, 0.25) is 5.91 Å². The van der Waals surface area contributed by atoms with Crippen LogP contribution in [0.1, 0.15) is 42.9 Å². The Kier molecular flexibility index (Phi) is 6.95. The molecule has 42 heavy (non-hydrogen) atoms. The van der Waals surface area contributed by atoms with Crippen molar-refractivity contribution in [3.63, 3.8) is 0 Å². The van der Waals surface area contributed by atoms with Crippen LogP contribution >= 0.6 is 0 Å². The molecule has 10 nitrogen and oxygen atoms in total. The number of nitrogens with one attached hydrogen (secondary N) is 1. The Morgan fingerprint density at radius 3 is 2.64 bits per heavy atom. The first-order chi connectivity index (χ1) is 20.3. The molecule has 0 radical (unpaired) electrons. The van der Waals surface area contributed by atoms with E-state index in [4.69, 9.17) is 4.74 Å². The number of ether oxygens (including phenoxy) is 1. The van der Waals surface area contributed by atoms with Gasteiger partial charge < -0.3 is 10.1 Å². The summed E-state index contributed by atoms with van der Waals surface area (Å²) in [4.78, 5) is 34.9. The lowest BCUT2D eigenvalue weighted by Crippen LogP contribution is -2.68. The molecule has 1 spiro atoms. The zero-order chi connectivity index (χ0) is 29.0. The van der Waals surface area contributed by atoms with Gasteiger partial charge in [0.15, 0.2) is 0 Å². The van der Waals surface area contributed by atoms with Crippen molar-refractivity contribution in [3.05, 3.63) is 59.4 Å². The average molecular weight is 572 g/mol. The predicted octanol–water partition coefficient (Wildman–Crippen LogP) is 3.27.